The van der Waals surface area contributed by atoms with E-state index < -0.39 is 16.7 Å². The molecule has 8 nitrogen and oxygen atoms in total. The molecule has 2 aromatic rings. The Morgan fingerprint density at radius 2 is 2.00 bits per heavy atom. The van der Waals surface area contributed by atoms with Gasteiger partial charge in [0.1, 0.15) is 11.4 Å². The first-order chi connectivity index (χ1) is 13.4. The number of carbonyl (C=O) groups excluding carboxylic acids is 2. The number of nitro benzene ring substituents is 1. The summed E-state index contributed by atoms with van der Waals surface area (Å²) in [5.41, 5.74) is 0.810. The highest BCUT2D eigenvalue weighted by Gasteiger charge is 2.37. The van der Waals surface area contributed by atoms with Gasteiger partial charge in [0.25, 0.3) is 5.69 Å². The van der Waals surface area contributed by atoms with E-state index in [4.69, 9.17) is 4.74 Å². The summed E-state index contributed by atoms with van der Waals surface area (Å²) >= 11 is 0. The average molecular weight is 383 g/mol. The number of nitrogens with zero attached hydrogens (tertiary/aromatic N) is 2. The van der Waals surface area contributed by atoms with E-state index in [-0.39, 0.29) is 36.3 Å². The number of methoxy groups -OCH3 is 1. The van der Waals surface area contributed by atoms with Crippen molar-refractivity contribution in [1.82, 2.24) is 4.90 Å². The predicted molar refractivity (Wildman–Crippen MR) is 103 cm³/mol. The van der Waals surface area contributed by atoms with Crippen molar-refractivity contribution in [3.63, 3.8) is 0 Å². The van der Waals surface area contributed by atoms with Crippen molar-refractivity contribution in [1.29, 1.82) is 0 Å². The van der Waals surface area contributed by atoms with E-state index in [0.717, 1.165) is 5.56 Å². The van der Waals surface area contributed by atoms with Crippen LogP contribution in [0.5, 0.6) is 5.75 Å². The summed E-state index contributed by atoms with van der Waals surface area (Å²) < 4.78 is 5.07. The Kier molecular flexibility index (Phi) is 5.58. The molecule has 1 aliphatic heterocycles. The zero-order valence-electron chi connectivity index (χ0n) is 15.6. The molecule has 0 aliphatic carbocycles. The van der Waals surface area contributed by atoms with Crippen LogP contribution in [0.25, 0.3) is 0 Å². The molecular formula is C20H21N3O5. The Morgan fingerprint density at radius 3 is 2.64 bits per heavy atom. The van der Waals surface area contributed by atoms with Crippen LogP contribution in [-0.2, 0) is 9.59 Å². The zero-order chi connectivity index (χ0) is 20.3. The Hall–Kier alpha value is -3.42. The second kappa shape index (κ2) is 8.08. The fourth-order valence-corrected chi connectivity index (χ4v) is 3.33. The van der Waals surface area contributed by atoms with Crippen molar-refractivity contribution in [3.05, 3.63) is 64.2 Å². The summed E-state index contributed by atoms with van der Waals surface area (Å²) in [6, 6.07) is 13.6. The Bertz CT molecular complexity index is 900. The molecule has 1 N–H and O–H groups in total. The summed E-state index contributed by atoms with van der Waals surface area (Å²) in [7, 11) is 1.44. The van der Waals surface area contributed by atoms with Crippen LogP contribution >= 0.6 is 0 Å². The van der Waals surface area contributed by atoms with Crippen molar-refractivity contribution in [3.8, 4) is 5.75 Å². The quantitative estimate of drug-likeness (QED) is 0.610. The fourth-order valence-electron chi connectivity index (χ4n) is 3.33. The van der Waals surface area contributed by atoms with Crippen LogP contribution in [-0.4, -0.2) is 35.3 Å². The van der Waals surface area contributed by atoms with Crippen LogP contribution in [0.3, 0.4) is 0 Å². The molecule has 8 heteroatoms. The standard InChI is InChI=1S/C20H21N3O5/c1-13(14-6-4-3-5-7-14)22-12-15(10-19(22)24)20(25)21-17-11-16(28-2)8-9-18(17)23(26)27/h3-9,11,13,15H,10,12H2,1-2H3,(H,21,25)/t13-,15-/m1/s1. The number of hydrogen-bond donors (Lipinski definition) is 1. The van der Waals surface area contributed by atoms with Crippen LogP contribution in [0.4, 0.5) is 11.4 Å². The van der Waals surface area contributed by atoms with Gasteiger partial charge in [0.05, 0.1) is 24.0 Å². The lowest BCUT2D eigenvalue weighted by Gasteiger charge is -2.25. The number of amides is 2. The van der Waals surface area contributed by atoms with Gasteiger partial charge in [-0.05, 0) is 18.6 Å². The highest BCUT2D eigenvalue weighted by molar-refractivity contribution is 5.98. The van der Waals surface area contributed by atoms with Gasteiger partial charge in [0.2, 0.25) is 11.8 Å². The third kappa shape index (κ3) is 3.95. The van der Waals surface area contributed by atoms with Crippen molar-refractivity contribution in [2.45, 2.75) is 19.4 Å². The maximum absolute atomic E-state index is 12.7. The van der Waals surface area contributed by atoms with Crippen LogP contribution < -0.4 is 10.1 Å². The molecule has 2 aromatic carbocycles. The van der Waals surface area contributed by atoms with Gasteiger partial charge in [-0.1, -0.05) is 30.3 Å². The van der Waals surface area contributed by atoms with Crippen LogP contribution in [0, 0.1) is 16.0 Å². The van der Waals surface area contributed by atoms with Crippen molar-refractivity contribution in [2.24, 2.45) is 5.92 Å². The molecule has 0 bridgehead atoms. The first-order valence-corrected chi connectivity index (χ1v) is 8.88. The van der Waals surface area contributed by atoms with E-state index in [2.05, 4.69) is 5.32 Å². The van der Waals surface area contributed by atoms with E-state index in [1.165, 1.54) is 25.3 Å². The van der Waals surface area contributed by atoms with Gasteiger partial charge in [-0.15, -0.1) is 0 Å². The molecular weight excluding hydrogens is 362 g/mol. The SMILES string of the molecule is COc1ccc([N+](=O)[O-])c(NC(=O)[C@@H]2CC(=O)N([C@H](C)c3ccccc3)C2)c1. The molecule has 1 aliphatic rings. The molecule has 146 valence electrons. The molecule has 28 heavy (non-hydrogen) atoms. The van der Waals surface area contributed by atoms with Gasteiger partial charge in [-0.25, -0.2) is 0 Å². The van der Waals surface area contributed by atoms with Gasteiger partial charge in [0.15, 0.2) is 0 Å². The maximum atomic E-state index is 12.7. The first kappa shape index (κ1) is 19.3. The lowest BCUT2D eigenvalue weighted by molar-refractivity contribution is -0.383. The highest BCUT2D eigenvalue weighted by Crippen LogP contribution is 2.32. The number of carbonyl (C=O) groups is 2. The maximum Gasteiger partial charge on any atom is 0.293 e. The number of hydrogen-bond acceptors (Lipinski definition) is 5. The van der Waals surface area contributed by atoms with Gasteiger partial charge in [-0.2, -0.15) is 0 Å². The normalized spacial score (nSPS) is 17.3. The zero-order valence-corrected chi connectivity index (χ0v) is 15.6. The Morgan fingerprint density at radius 1 is 1.29 bits per heavy atom. The van der Waals surface area contributed by atoms with Crippen LogP contribution in [0.1, 0.15) is 24.9 Å². The van der Waals surface area contributed by atoms with Crippen molar-refractivity contribution >= 4 is 23.2 Å². The van der Waals surface area contributed by atoms with Crippen molar-refractivity contribution < 1.29 is 19.2 Å². The van der Waals surface area contributed by atoms with Gasteiger partial charge >= 0.3 is 0 Å². The number of anilines is 1. The molecule has 1 fully saturated rings. The minimum absolute atomic E-state index is 0.0522. The highest BCUT2D eigenvalue weighted by atomic mass is 16.6. The molecule has 0 radical (unpaired) electrons. The van der Waals surface area contributed by atoms with Crippen LogP contribution in [0.2, 0.25) is 0 Å². The van der Waals surface area contributed by atoms with Crippen molar-refractivity contribution in [2.75, 3.05) is 19.0 Å². The summed E-state index contributed by atoms with van der Waals surface area (Å²) in [4.78, 5) is 37.5. The minimum atomic E-state index is -0.579. The summed E-state index contributed by atoms with van der Waals surface area (Å²) in [5, 5.41) is 13.8. The first-order valence-electron chi connectivity index (χ1n) is 8.88. The topological polar surface area (TPSA) is 102 Å². The third-order valence-corrected chi connectivity index (χ3v) is 4.94. The van der Waals surface area contributed by atoms with E-state index in [1.54, 1.807) is 4.90 Å². The molecule has 0 saturated carbocycles. The molecule has 3 rings (SSSR count). The van der Waals surface area contributed by atoms with Crippen LogP contribution in [0.15, 0.2) is 48.5 Å². The summed E-state index contributed by atoms with van der Waals surface area (Å²) in [6.45, 7) is 2.18. The second-order valence-corrected chi connectivity index (χ2v) is 6.66. The molecule has 1 heterocycles. The Balaban J connectivity index is 1.74. The number of ether oxygens (including phenoxy) is 1. The molecule has 1 saturated heterocycles. The second-order valence-electron chi connectivity index (χ2n) is 6.66. The number of likely N-dealkylation sites (tertiary alicyclic amines) is 1. The minimum Gasteiger partial charge on any atom is -0.497 e. The van der Waals surface area contributed by atoms with E-state index in [9.17, 15) is 19.7 Å². The average Bonchev–Trinajstić information content (AvgIpc) is 3.09. The van der Waals surface area contributed by atoms with Gasteiger partial charge in [-0.3, -0.25) is 19.7 Å². The number of rotatable bonds is 6. The number of benzene rings is 2. The monoisotopic (exact) mass is 383 g/mol. The largest absolute Gasteiger partial charge is 0.497 e. The molecule has 2 atom stereocenters. The lowest BCUT2D eigenvalue weighted by atomic mass is 10.1. The third-order valence-electron chi connectivity index (χ3n) is 4.94. The van der Waals surface area contributed by atoms with E-state index in [0.29, 0.717) is 5.75 Å². The molecule has 0 spiro atoms. The fraction of sp³-hybridized carbons (Fsp3) is 0.300. The number of nitro groups is 1. The molecule has 0 aromatic heterocycles. The Labute approximate surface area is 162 Å². The van der Waals surface area contributed by atoms with E-state index >= 15 is 0 Å². The lowest BCUT2D eigenvalue weighted by Crippen LogP contribution is -2.30. The molecule has 2 amide bonds. The predicted octanol–water partition coefficient (Wildman–Crippen LogP) is 3.15. The molecule has 0 unspecified atom stereocenters. The number of nitrogens with one attached hydrogen (secondary N) is 1. The summed E-state index contributed by atoms with van der Waals surface area (Å²) in [6.07, 6.45) is 0.0702. The smallest absolute Gasteiger partial charge is 0.293 e. The van der Waals surface area contributed by atoms with Gasteiger partial charge < -0.3 is 15.0 Å². The summed E-state index contributed by atoms with van der Waals surface area (Å²) in [5.74, 6) is -0.726. The van der Waals surface area contributed by atoms with E-state index in [1.807, 2.05) is 37.3 Å². The van der Waals surface area contributed by atoms with Gasteiger partial charge in [0, 0.05) is 25.1 Å².